The number of hydrogen-bond acceptors (Lipinski definition) is 3. The molecule has 2 aromatic rings. The molecule has 0 radical (unpaired) electrons. The smallest absolute Gasteiger partial charge is 0.340 e. The maximum absolute atomic E-state index is 13.7. The number of alkyl halides is 3. The molecule has 1 aromatic carbocycles. The van der Waals surface area contributed by atoms with Crippen LogP contribution in [0.4, 0.5) is 13.2 Å². The molecule has 1 aromatic heterocycles. The van der Waals surface area contributed by atoms with Gasteiger partial charge in [0.1, 0.15) is 11.4 Å². The molecule has 1 aliphatic heterocycles. The average Bonchev–Trinajstić information content (AvgIpc) is 3.41. The second-order valence-corrected chi connectivity index (χ2v) is 10.3. The number of benzene rings is 1. The molecule has 1 amide bonds. The Bertz CT molecular complexity index is 933. The van der Waals surface area contributed by atoms with Gasteiger partial charge in [-0.15, -0.1) is 0 Å². The van der Waals surface area contributed by atoms with E-state index in [1.165, 1.54) is 18.9 Å². The Hall–Kier alpha value is -2.32. The van der Waals surface area contributed by atoms with E-state index in [-0.39, 0.29) is 17.7 Å². The third-order valence-electron chi connectivity index (χ3n) is 6.38. The van der Waals surface area contributed by atoms with Gasteiger partial charge in [-0.25, -0.2) is 0 Å². The van der Waals surface area contributed by atoms with Crippen LogP contribution >= 0.6 is 0 Å². The molecule has 8 heteroatoms. The number of amides is 1. The van der Waals surface area contributed by atoms with E-state index in [0.717, 1.165) is 43.4 Å². The fourth-order valence-electron chi connectivity index (χ4n) is 4.93. The fourth-order valence-corrected chi connectivity index (χ4v) is 4.93. The van der Waals surface area contributed by atoms with Gasteiger partial charge in [0.2, 0.25) is 0 Å². The average molecular weight is 479 g/mol. The normalized spacial score (nSPS) is 15.3. The van der Waals surface area contributed by atoms with Gasteiger partial charge in [-0.2, -0.15) is 13.2 Å². The number of aromatic nitrogens is 1. The molecule has 0 atom stereocenters. The van der Waals surface area contributed by atoms with Crippen LogP contribution in [0.3, 0.4) is 0 Å². The van der Waals surface area contributed by atoms with Crippen molar-refractivity contribution in [1.29, 1.82) is 0 Å². The molecule has 1 fully saturated rings. The summed E-state index contributed by atoms with van der Waals surface area (Å²) in [6.45, 7) is 9.72. The van der Waals surface area contributed by atoms with Gasteiger partial charge in [0.15, 0.2) is 0 Å². The van der Waals surface area contributed by atoms with Crippen molar-refractivity contribution in [2.45, 2.75) is 39.4 Å². The molecule has 0 aliphatic carbocycles. The zero-order valence-corrected chi connectivity index (χ0v) is 20.7. The number of nitrogens with zero attached hydrogens (tertiary/aromatic N) is 4. The van der Waals surface area contributed by atoms with Gasteiger partial charge in [-0.1, -0.05) is 44.2 Å². The summed E-state index contributed by atoms with van der Waals surface area (Å²) in [6, 6.07) is 11.2. The Morgan fingerprint density at radius 3 is 2.24 bits per heavy atom. The van der Waals surface area contributed by atoms with E-state index in [1.807, 2.05) is 6.07 Å². The molecule has 0 N–H and O–H groups in total. The van der Waals surface area contributed by atoms with Crippen LogP contribution in [-0.2, 0) is 12.7 Å². The molecule has 0 saturated carbocycles. The van der Waals surface area contributed by atoms with Gasteiger partial charge in [-0.05, 0) is 56.1 Å². The van der Waals surface area contributed by atoms with Crippen molar-refractivity contribution in [3.63, 3.8) is 0 Å². The van der Waals surface area contributed by atoms with E-state index in [4.69, 9.17) is 0 Å². The molecule has 1 saturated heterocycles. The summed E-state index contributed by atoms with van der Waals surface area (Å²) in [5.74, 6) is -0.403. The van der Waals surface area contributed by atoms with Gasteiger partial charge in [0, 0.05) is 39.8 Å². The maximum atomic E-state index is 13.7. The van der Waals surface area contributed by atoms with E-state index in [2.05, 4.69) is 30.7 Å². The highest BCUT2D eigenvalue weighted by atomic mass is 19.4. The number of carbonyl (C=O) groups excluding carboxylic acids is 1. The fraction of sp³-hybridized carbons (Fsp3) is 0.577. The summed E-state index contributed by atoms with van der Waals surface area (Å²) in [7, 11) is 3.75. The van der Waals surface area contributed by atoms with Crippen molar-refractivity contribution in [3.8, 4) is 0 Å². The molecule has 34 heavy (non-hydrogen) atoms. The maximum Gasteiger partial charge on any atom is 0.431 e. The molecular weight excluding hydrogens is 441 g/mol. The molecule has 1 aliphatic rings. The quantitative estimate of drug-likeness (QED) is 0.497. The zero-order chi connectivity index (χ0) is 24.9. The highest BCUT2D eigenvalue weighted by molar-refractivity contribution is 5.93. The molecule has 2 heterocycles. The number of likely N-dealkylation sites (N-methyl/N-ethyl adjacent to an activating group) is 1. The predicted octanol–water partition coefficient (Wildman–Crippen LogP) is 4.68. The number of halogens is 3. The van der Waals surface area contributed by atoms with E-state index in [9.17, 15) is 18.0 Å². The van der Waals surface area contributed by atoms with E-state index in [1.54, 1.807) is 36.2 Å². The second-order valence-electron chi connectivity index (χ2n) is 10.3. The first-order valence-corrected chi connectivity index (χ1v) is 11.9. The Balaban J connectivity index is 1.68. The standard InChI is InChI=1S/C26H37F3N4O/c1-25(2,19-30(3)16-17-32-14-8-9-15-32)20-31(4)24(34)22-12-13-23(26(27,28)29)33(22)18-21-10-6-5-7-11-21/h5-7,10-13H,8-9,14-20H2,1-4H3. The minimum atomic E-state index is -4.54. The minimum Gasteiger partial charge on any atom is -0.340 e. The Kier molecular flexibility index (Phi) is 8.47. The molecular formula is C26H37F3N4O. The third kappa shape index (κ3) is 7.09. The Labute approximate surface area is 201 Å². The third-order valence-corrected chi connectivity index (χ3v) is 6.38. The number of hydrogen-bond donors (Lipinski definition) is 0. The van der Waals surface area contributed by atoms with Crippen molar-refractivity contribution < 1.29 is 18.0 Å². The van der Waals surface area contributed by atoms with Crippen molar-refractivity contribution in [3.05, 3.63) is 59.4 Å². The first-order valence-electron chi connectivity index (χ1n) is 11.9. The van der Waals surface area contributed by atoms with Gasteiger partial charge >= 0.3 is 6.18 Å². The SMILES string of the molecule is CN(CCN1CCCC1)CC(C)(C)CN(C)C(=O)c1ccc(C(F)(F)F)n1Cc1ccccc1. The monoisotopic (exact) mass is 478 g/mol. The van der Waals surface area contributed by atoms with Crippen molar-refractivity contribution in [2.75, 3.05) is 53.4 Å². The van der Waals surface area contributed by atoms with Crippen LogP contribution in [0, 0.1) is 5.41 Å². The lowest BCUT2D eigenvalue weighted by atomic mass is 9.92. The topological polar surface area (TPSA) is 31.7 Å². The first-order chi connectivity index (χ1) is 16.0. The first kappa shape index (κ1) is 26.3. The van der Waals surface area contributed by atoms with Gasteiger partial charge in [0.25, 0.3) is 5.91 Å². The van der Waals surface area contributed by atoms with Crippen LogP contribution in [-0.4, -0.2) is 78.5 Å². The van der Waals surface area contributed by atoms with Crippen LogP contribution in [0.15, 0.2) is 42.5 Å². The summed E-state index contributed by atoms with van der Waals surface area (Å²) >= 11 is 0. The van der Waals surface area contributed by atoms with Crippen molar-refractivity contribution >= 4 is 5.91 Å². The molecule has 5 nitrogen and oxygen atoms in total. The number of rotatable bonds is 10. The Morgan fingerprint density at radius 1 is 0.971 bits per heavy atom. The van der Waals surface area contributed by atoms with E-state index in [0.29, 0.717) is 12.1 Å². The number of carbonyl (C=O) groups is 1. The van der Waals surface area contributed by atoms with Crippen LogP contribution < -0.4 is 0 Å². The van der Waals surface area contributed by atoms with E-state index < -0.39 is 17.8 Å². The van der Waals surface area contributed by atoms with Crippen molar-refractivity contribution in [2.24, 2.45) is 5.41 Å². The van der Waals surface area contributed by atoms with Gasteiger partial charge < -0.3 is 19.3 Å². The van der Waals surface area contributed by atoms with Gasteiger partial charge in [-0.3, -0.25) is 4.79 Å². The Morgan fingerprint density at radius 2 is 1.62 bits per heavy atom. The summed E-state index contributed by atoms with van der Waals surface area (Å²) in [5, 5.41) is 0. The second kappa shape index (κ2) is 11.0. The predicted molar refractivity (Wildman–Crippen MR) is 129 cm³/mol. The summed E-state index contributed by atoms with van der Waals surface area (Å²) < 4.78 is 42.1. The summed E-state index contributed by atoms with van der Waals surface area (Å²) in [6.07, 6.45) is -2.00. The molecule has 188 valence electrons. The lowest BCUT2D eigenvalue weighted by Gasteiger charge is -2.34. The van der Waals surface area contributed by atoms with Gasteiger partial charge in [0.05, 0.1) is 0 Å². The van der Waals surface area contributed by atoms with Crippen molar-refractivity contribution in [1.82, 2.24) is 19.3 Å². The zero-order valence-electron chi connectivity index (χ0n) is 20.7. The lowest BCUT2D eigenvalue weighted by molar-refractivity contribution is -0.143. The summed E-state index contributed by atoms with van der Waals surface area (Å²) in [4.78, 5) is 19.6. The molecule has 3 rings (SSSR count). The van der Waals surface area contributed by atoms with Crippen LogP contribution in [0.25, 0.3) is 0 Å². The van der Waals surface area contributed by atoms with Crippen LogP contribution in [0.2, 0.25) is 0 Å². The molecule has 0 spiro atoms. The molecule has 0 unspecified atom stereocenters. The lowest BCUT2D eigenvalue weighted by Crippen LogP contribution is -2.43. The highest BCUT2D eigenvalue weighted by Gasteiger charge is 2.37. The number of likely N-dealkylation sites (tertiary alicyclic amines) is 1. The van der Waals surface area contributed by atoms with Crippen LogP contribution in [0.1, 0.15) is 48.4 Å². The van der Waals surface area contributed by atoms with Crippen LogP contribution in [0.5, 0.6) is 0 Å². The summed E-state index contributed by atoms with van der Waals surface area (Å²) in [5.41, 5.74) is -0.264. The molecule has 0 bridgehead atoms. The minimum absolute atomic E-state index is 0.0137. The van der Waals surface area contributed by atoms with E-state index >= 15 is 0 Å². The largest absolute Gasteiger partial charge is 0.431 e. The highest BCUT2D eigenvalue weighted by Crippen LogP contribution is 2.32.